The molecule has 5 nitrogen and oxygen atoms in total. The highest BCUT2D eigenvalue weighted by atomic mass is 15.3. The summed E-state index contributed by atoms with van der Waals surface area (Å²) in [5.41, 5.74) is 5.96. The quantitative estimate of drug-likeness (QED) is 0.716. The van der Waals surface area contributed by atoms with Gasteiger partial charge < -0.3 is 11.1 Å². The lowest BCUT2D eigenvalue weighted by molar-refractivity contribution is 0.477. The van der Waals surface area contributed by atoms with Crippen molar-refractivity contribution in [3.05, 3.63) is 5.82 Å². The second-order valence-electron chi connectivity index (χ2n) is 3.46. The molecule has 5 heteroatoms. The van der Waals surface area contributed by atoms with Crippen LogP contribution in [0, 0.1) is 5.92 Å². The first-order valence-electron chi connectivity index (χ1n) is 4.40. The van der Waals surface area contributed by atoms with Gasteiger partial charge in [0.15, 0.2) is 5.82 Å². The zero-order valence-corrected chi connectivity index (χ0v) is 8.57. The first kappa shape index (κ1) is 9.98. The van der Waals surface area contributed by atoms with Crippen LogP contribution in [0.4, 0.5) is 5.95 Å². The Balaban J connectivity index is 2.95. The van der Waals surface area contributed by atoms with Gasteiger partial charge in [-0.3, -0.25) is 4.57 Å². The van der Waals surface area contributed by atoms with E-state index in [1.165, 1.54) is 0 Å². The van der Waals surface area contributed by atoms with Crippen LogP contribution in [0.15, 0.2) is 0 Å². The highest BCUT2D eigenvalue weighted by Crippen LogP contribution is 2.17. The summed E-state index contributed by atoms with van der Waals surface area (Å²) in [6, 6.07) is -0.0559. The maximum Gasteiger partial charge on any atom is 0.224 e. The van der Waals surface area contributed by atoms with Crippen molar-refractivity contribution < 1.29 is 0 Å². The third-order valence-corrected chi connectivity index (χ3v) is 2.15. The molecule has 0 saturated carbocycles. The average molecular weight is 183 g/mol. The molecule has 0 bridgehead atoms. The minimum absolute atomic E-state index is 0.0559. The fourth-order valence-corrected chi connectivity index (χ4v) is 1.15. The number of nitrogens with two attached hydrogens (primary N) is 1. The summed E-state index contributed by atoms with van der Waals surface area (Å²) in [6.07, 6.45) is 0. The van der Waals surface area contributed by atoms with Crippen molar-refractivity contribution in [1.82, 2.24) is 14.8 Å². The summed E-state index contributed by atoms with van der Waals surface area (Å²) in [5.74, 6) is 1.93. The van der Waals surface area contributed by atoms with E-state index in [0.29, 0.717) is 5.92 Å². The van der Waals surface area contributed by atoms with E-state index in [4.69, 9.17) is 5.73 Å². The van der Waals surface area contributed by atoms with Gasteiger partial charge in [-0.15, -0.1) is 10.2 Å². The molecule has 1 heterocycles. The molecule has 0 fully saturated rings. The number of nitrogens with zero attached hydrogens (tertiary/aromatic N) is 3. The van der Waals surface area contributed by atoms with Gasteiger partial charge in [0, 0.05) is 14.1 Å². The highest BCUT2D eigenvalue weighted by Gasteiger charge is 2.17. The molecule has 3 N–H and O–H groups in total. The van der Waals surface area contributed by atoms with E-state index in [1.807, 2.05) is 18.7 Å². The minimum Gasteiger partial charge on any atom is -0.357 e. The van der Waals surface area contributed by atoms with Gasteiger partial charge >= 0.3 is 0 Å². The lowest BCUT2D eigenvalue weighted by Crippen LogP contribution is -2.21. The first-order valence-corrected chi connectivity index (χ1v) is 4.40. The highest BCUT2D eigenvalue weighted by molar-refractivity contribution is 5.24. The second-order valence-corrected chi connectivity index (χ2v) is 3.46. The standard InChI is InChI=1S/C8H17N5/c1-5(2)6(9)7-11-12-8(10-3)13(7)4/h5-6H,9H2,1-4H3,(H,10,12)/t6-/m1/s1. The predicted molar refractivity (Wildman–Crippen MR) is 52.3 cm³/mol. The molecule has 1 aromatic heterocycles. The largest absolute Gasteiger partial charge is 0.357 e. The van der Waals surface area contributed by atoms with Crippen molar-refractivity contribution in [3.8, 4) is 0 Å². The fraction of sp³-hybridized carbons (Fsp3) is 0.750. The van der Waals surface area contributed by atoms with Crippen molar-refractivity contribution in [2.24, 2.45) is 18.7 Å². The molecule has 0 aliphatic rings. The molecule has 0 unspecified atom stereocenters. The van der Waals surface area contributed by atoms with Crippen molar-refractivity contribution in [1.29, 1.82) is 0 Å². The lowest BCUT2D eigenvalue weighted by Gasteiger charge is -2.14. The van der Waals surface area contributed by atoms with Gasteiger partial charge in [-0.05, 0) is 5.92 Å². The molecule has 0 spiro atoms. The maximum atomic E-state index is 5.96. The third kappa shape index (κ3) is 1.80. The molecule has 0 saturated heterocycles. The Hall–Kier alpha value is -1.10. The smallest absolute Gasteiger partial charge is 0.224 e. The van der Waals surface area contributed by atoms with Gasteiger partial charge in [-0.2, -0.15) is 0 Å². The van der Waals surface area contributed by atoms with Crippen molar-refractivity contribution in [3.63, 3.8) is 0 Å². The molecule has 0 amide bonds. The lowest BCUT2D eigenvalue weighted by atomic mass is 10.1. The molecule has 0 aliphatic carbocycles. The van der Waals surface area contributed by atoms with Crippen LogP contribution in [0.5, 0.6) is 0 Å². The average Bonchev–Trinajstić information content (AvgIpc) is 2.45. The summed E-state index contributed by atoms with van der Waals surface area (Å²) >= 11 is 0. The number of rotatable bonds is 3. The van der Waals surface area contributed by atoms with E-state index in [0.717, 1.165) is 11.8 Å². The Bertz CT molecular complexity index is 278. The molecule has 1 rings (SSSR count). The van der Waals surface area contributed by atoms with Crippen LogP contribution in [-0.2, 0) is 7.05 Å². The van der Waals surface area contributed by atoms with Crippen LogP contribution in [0.25, 0.3) is 0 Å². The topological polar surface area (TPSA) is 68.8 Å². The number of nitrogens with one attached hydrogen (secondary N) is 1. The van der Waals surface area contributed by atoms with E-state index in [2.05, 4.69) is 29.4 Å². The Morgan fingerprint density at radius 3 is 2.38 bits per heavy atom. The van der Waals surface area contributed by atoms with Gasteiger partial charge in [0.05, 0.1) is 6.04 Å². The number of hydrogen-bond acceptors (Lipinski definition) is 4. The molecule has 74 valence electrons. The summed E-state index contributed by atoms with van der Waals surface area (Å²) < 4.78 is 1.88. The van der Waals surface area contributed by atoms with Gasteiger partial charge in [0.1, 0.15) is 0 Å². The fourth-order valence-electron chi connectivity index (χ4n) is 1.15. The van der Waals surface area contributed by atoms with Crippen LogP contribution in [-0.4, -0.2) is 21.8 Å². The van der Waals surface area contributed by atoms with Gasteiger partial charge in [0.25, 0.3) is 0 Å². The Morgan fingerprint density at radius 1 is 1.38 bits per heavy atom. The molecular weight excluding hydrogens is 166 g/mol. The zero-order valence-electron chi connectivity index (χ0n) is 8.57. The zero-order chi connectivity index (χ0) is 10.0. The van der Waals surface area contributed by atoms with Crippen LogP contribution in [0.1, 0.15) is 25.7 Å². The van der Waals surface area contributed by atoms with Crippen molar-refractivity contribution in [2.45, 2.75) is 19.9 Å². The van der Waals surface area contributed by atoms with Gasteiger partial charge in [-0.25, -0.2) is 0 Å². The number of aromatic nitrogens is 3. The monoisotopic (exact) mass is 183 g/mol. The summed E-state index contributed by atoms with van der Waals surface area (Å²) in [7, 11) is 3.72. The van der Waals surface area contributed by atoms with E-state index < -0.39 is 0 Å². The predicted octanol–water partition coefficient (Wildman–Crippen LogP) is 0.513. The summed E-state index contributed by atoms with van der Waals surface area (Å²) in [5, 5.41) is 10.9. The Labute approximate surface area is 78.3 Å². The van der Waals surface area contributed by atoms with E-state index >= 15 is 0 Å². The van der Waals surface area contributed by atoms with Crippen LogP contribution in [0.3, 0.4) is 0 Å². The number of anilines is 1. The SMILES string of the molecule is CNc1nnc([C@H](N)C(C)C)n1C. The molecule has 1 atom stereocenters. The maximum absolute atomic E-state index is 5.96. The van der Waals surface area contributed by atoms with Crippen molar-refractivity contribution in [2.75, 3.05) is 12.4 Å². The van der Waals surface area contributed by atoms with E-state index in [-0.39, 0.29) is 6.04 Å². The second kappa shape index (κ2) is 3.74. The number of hydrogen-bond donors (Lipinski definition) is 2. The molecule has 1 aromatic rings. The molecular formula is C8H17N5. The van der Waals surface area contributed by atoms with Gasteiger partial charge in [-0.1, -0.05) is 13.8 Å². The van der Waals surface area contributed by atoms with Crippen molar-refractivity contribution >= 4 is 5.95 Å². The summed E-state index contributed by atoms with van der Waals surface area (Å²) in [4.78, 5) is 0. The minimum atomic E-state index is -0.0559. The van der Waals surface area contributed by atoms with Crippen LogP contribution >= 0.6 is 0 Å². The van der Waals surface area contributed by atoms with Crippen LogP contribution < -0.4 is 11.1 Å². The Morgan fingerprint density at radius 2 is 2.00 bits per heavy atom. The Kier molecular flexibility index (Phi) is 2.87. The summed E-state index contributed by atoms with van der Waals surface area (Å²) in [6.45, 7) is 4.14. The molecule has 0 aliphatic heterocycles. The molecule has 0 radical (unpaired) electrons. The normalized spacial score (nSPS) is 13.4. The van der Waals surface area contributed by atoms with Gasteiger partial charge in [0.2, 0.25) is 5.95 Å². The van der Waals surface area contributed by atoms with Crippen LogP contribution in [0.2, 0.25) is 0 Å². The first-order chi connectivity index (χ1) is 6.07. The molecule has 0 aromatic carbocycles. The van der Waals surface area contributed by atoms with E-state index in [1.54, 1.807) is 0 Å². The molecule has 13 heavy (non-hydrogen) atoms. The third-order valence-electron chi connectivity index (χ3n) is 2.15. The van der Waals surface area contributed by atoms with E-state index in [9.17, 15) is 0 Å².